The maximum Gasteiger partial charge on any atom is 0.338 e. The van der Waals surface area contributed by atoms with E-state index in [2.05, 4.69) is 10.3 Å². The van der Waals surface area contributed by atoms with Gasteiger partial charge in [-0.15, -0.1) is 0 Å². The molecule has 106 valence electrons. The molecule has 0 aliphatic heterocycles. The van der Waals surface area contributed by atoms with Crippen LogP contribution < -0.4 is 5.32 Å². The molecule has 0 saturated heterocycles. The maximum atomic E-state index is 11.6. The zero-order valence-corrected chi connectivity index (χ0v) is 11.4. The first-order valence-corrected chi connectivity index (χ1v) is 6.71. The van der Waals surface area contributed by atoms with Gasteiger partial charge in [0.2, 0.25) is 0 Å². The Balaban J connectivity index is 2.34. The molecule has 5 nitrogen and oxygen atoms in total. The molecule has 1 aromatic heterocycles. The first-order valence-electron chi connectivity index (χ1n) is 6.71. The lowest BCUT2D eigenvalue weighted by Gasteiger charge is -2.06. The number of nitrogens with zero attached hydrogens (tertiary/aromatic N) is 1. The van der Waals surface area contributed by atoms with Gasteiger partial charge in [-0.2, -0.15) is 0 Å². The molecule has 0 aromatic carbocycles. The molecule has 0 bridgehead atoms. The van der Waals surface area contributed by atoms with Crippen molar-refractivity contribution in [1.29, 1.82) is 0 Å². The van der Waals surface area contributed by atoms with Crippen molar-refractivity contribution in [2.75, 3.05) is 19.8 Å². The third-order valence-corrected chi connectivity index (χ3v) is 2.65. The Hall–Kier alpha value is -1.46. The van der Waals surface area contributed by atoms with E-state index in [0.717, 1.165) is 31.5 Å². The Kier molecular flexibility index (Phi) is 7.77. The van der Waals surface area contributed by atoms with Crippen LogP contribution in [0.1, 0.15) is 42.2 Å². The van der Waals surface area contributed by atoms with Gasteiger partial charge in [-0.1, -0.05) is 0 Å². The Morgan fingerprint density at radius 1 is 1.42 bits per heavy atom. The third kappa shape index (κ3) is 6.31. The van der Waals surface area contributed by atoms with Crippen molar-refractivity contribution < 1.29 is 14.6 Å². The van der Waals surface area contributed by atoms with Gasteiger partial charge in [0.15, 0.2) is 0 Å². The summed E-state index contributed by atoms with van der Waals surface area (Å²) in [5.74, 6) is -0.311. The summed E-state index contributed by atoms with van der Waals surface area (Å²) in [6, 6.07) is 3.40. The predicted octanol–water partition coefficient (Wildman–Crippen LogP) is 1.51. The summed E-state index contributed by atoms with van der Waals surface area (Å²) in [4.78, 5) is 15.8. The van der Waals surface area contributed by atoms with E-state index in [0.29, 0.717) is 18.7 Å². The zero-order valence-electron chi connectivity index (χ0n) is 11.4. The minimum absolute atomic E-state index is 0.253. The molecule has 2 N–H and O–H groups in total. The van der Waals surface area contributed by atoms with Crippen LogP contribution in [-0.2, 0) is 11.3 Å². The number of pyridine rings is 1. The Labute approximate surface area is 114 Å². The molecule has 0 amide bonds. The maximum absolute atomic E-state index is 11.6. The number of aliphatic hydroxyl groups is 1. The van der Waals surface area contributed by atoms with Gasteiger partial charge in [0.25, 0.3) is 0 Å². The van der Waals surface area contributed by atoms with Crippen molar-refractivity contribution in [2.45, 2.75) is 32.7 Å². The fourth-order valence-electron chi connectivity index (χ4n) is 1.67. The molecule has 1 aromatic rings. The van der Waals surface area contributed by atoms with E-state index in [1.165, 1.54) is 0 Å². The number of hydrogen-bond acceptors (Lipinski definition) is 5. The number of carbonyl (C=O) groups is 1. The summed E-state index contributed by atoms with van der Waals surface area (Å²) in [5.41, 5.74) is 1.36. The van der Waals surface area contributed by atoms with Crippen LogP contribution in [0.4, 0.5) is 0 Å². The van der Waals surface area contributed by atoms with Crippen molar-refractivity contribution >= 4 is 5.97 Å². The molecule has 1 heterocycles. The number of unbranched alkanes of at least 4 members (excludes halogenated alkanes) is 2. The van der Waals surface area contributed by atoms with Gasteiger partial charge in [0.05, 0.1) is 17.9 Å². The standard InChI is InChI=1S/C14H22N2O3/c1-2-19-14(18)12-6-8-16-13(10-12)11-15-7-4-3-5-9-17/h6,8,10,15,17H,2-5,7,9,11H2,1H3. The molecule has 0 aliphatic rings. The van der Waals surface area contributed by atoms with Crippen LogP contribution in [0.5, 0.6) is 0 Å². The molecule has 0 unspecified atom stereocenters. The van der Waals surface area contributed by atoms with E-state index in [1.54, 1.807) is 25.3 Å². The highest BCUT2D eigenvalue weighted by molar-refractivity contribution is 5.89. The van der Waals surface area contributed by atoms with Crippen LogP contribution in [0.15, 0.2) is 18.3 Å². The highest BCUT2D eigenvalue weighted by Crippen LogP contribution is 2.04. The van der Waals surface area contributed by atoms with Crippen molar-refractivity contribution in [2.24, 2.45) is 0 Å². The first kappa shape index (κ1) is 15.6. The Morgan fingerprint density at radius 3 is 3.00 bits per heavy atom. The van der Waals surface area contributed by atoms with Crippen molar-refractivity contribution in [1.82, 2.24) is 10.3 Å². The average Bonchev–Trinajstić information content (AvgIpc) is 2.43. The largest absolute Gasteiger partial charge is 0.462 e. The number of aromatic nitrogens is 1. The number of carbonyl (C=O) groups excluding carboxylic acids is 1. The highest BCUT2D eigenvalue weighted by atomic mass is 16.5. The van der Waals surface area contributed by atoms with E-state index >= 15 is 0 Å². The molecule has 19 heavy (non-hydrogen) atoms. The van der Waals surface area contributed by atoms with Crippen LogP contribution in [0.3, 0.4) is 0 Å². The minimum Gasteiger partial charge on any atom is -0.462 e. The first-order chi connectivity index (χ1) is 9.27. The van der Waals surface area contributed by atoms with Crippen LogP contribution in [0.25, 0.3) is 0 Å². The van der Waals surface area contributed by atoms with Gasteiger partial charge in [0, 0.05) is 19.3 Å². The molecule has 0 atom stereocenters. The molecule has 0 saturated carbocycles. The third-order valence-electron chi connectivity index (χ3n) is 2.65. The van der Waals surface area contributed by atoms with Crippen LogP contribution in [-0.4, -0.2) is 35.8 Å². The molecule has 0 fully saturated rings. The van der Waals surface area contributed by atoms with Gasteiger partial charge < -0.3 is 15.2 Å². The van der Waals surface area contributed by atoms with E-state index in [-0.39, 0.29) is 12.6 Å². The zero-order chi connectivity index (χ0) is 13.9. The summed E-state index contributed by atoms with van der Waals surface area (Å²) >= 11 is 0. The number of rotatable bonds is 9. The molecule has 0 radical (unpaired) electrons. The molecule has 5 heteroatoms. The Bertz CT molecular complexity index is 383. The molecule has 0 aliphatic carbocycles. The van der Waals surface area contributed by atoms with E-state index in [4.69, 9.17) is 9.84 Å². The fraction of sp³-hybridized carbons (Fsp3) is 0.571. The summed E-state index contributed by atoms with van der Waals surface area (Å²) < 4.78 is 4.94. The van der Waals surface area contributed by atoms with Crippen molar-refractivity contribution in [3.05, 3.63) is 29.6 Å². The fourth-order valence-corrected chi connectivity index (χ4v) is 1.67. The summed E-state index contributed by atoms with van der Waals surface area (Å²) in [6.07, 6.45) is 4.51. The number of aliphatic hydroxyl groups excluding tert-OH is 1. The highest BCUT2D eigenvalue weighted by Gasteiger charge is 2.07. The lowest BCUT2D eigenvalue weighted by atomic mass is 10.2. The summed E-state index contributed by atoms with van der Waals surface area (Å²) in [6.45, 7) is 3.92. The Morgan fingerprint density at radius 2 is 2.26 bits per heavy atom. The lowest BCUT2D eigenvalue weighted by Crippen LogP contribution is -2.16. The number of nitrogens with one attached hydrogen (secondary N) is 1. The van der Waals surface area contributed by atoms with Gasteiger partial charge >= 0.3 is 5.97 Å². The van der Waals surface area contributed by atoms with Gasteiger partial charge in [-0.25, -0.2) is 4.79 Å². The van der Waals surface area contributed by atoms with Crippen LogP contribution in [0.2, 0.25) is 0 Å². The topological polar surface area (TPSA) is 71.5 Å². The molecular formula is C14H22N2O3. The van der Waals surface area contributed by atoms with Crippen molar-refractivity contribution in [3.63, 3.8) is 0 Å². The van der Waals surface area contributed by atoms with Gasteiger partial charge in [-0.05, 0) is 44.9 Å². The predicted molar refractivity (Wildman–Crippen MR) is 72.8 cm³/mol. The lowest BCUT2D eigenvalue weighted by molar-refractivity contribution is 0.0526. The SMILES string of the molecule is CCOC(=O)c1ccnc(CNCCCCCO)c1. The number of esters is 1. The summed E-state index contributed by atoms with van der Waals surface area (Å²) in [5, 5.41) is 11.9. The molecular weight excluding hydrogens is 244 g/mol. The minimum atomic E-state index is -0.311. The monoisotopic (exact) mass is 266 g/mol. The second-order valence-electron chi connectivity index (χ2n) is 4.22. The normalized spacial score (nSPS) is 10.4. The van der Waals surface area contributed by atoms with E-state index < -0.39 is 0 Å². The smallest absolute Gasteiger partial charge is 0.338 e. The summed E-state index contributed by atoms with van der Waals surface area (Å²) in [7, 11) is 0. The van der Waals surface area contributed by atoms with Gasteiger partial charge in [-0.3, -0.25) is 4.98 Å². The number of ether oxygens (including phenoxy) is 1. The second kappa shape index (κ2) is 9.47. The van der Waals surface area contributed by atoms with E-state index in [1.807, 2.05) is 0 Å². The number of hydrogen-bond donors (Lipinski definition) is 2. The van der Waals surface area contributed by atoms with Gasteiger partial charge in [0.1, 0.15) is 0 Å². The van der Waals surface area contributed by atoms with Crippen molar-refractivity contribution in [3.8, 4) is 0 Å². The quantitative estimate of drug-likeness (QED) is 0.523. The van der Waals surface area contributed by atoms with Crippen LogP contribution in [0, 0.1) is 0 Å². The molecule has 0 spiro atoms. The molecule has 1 rings (SSSR count). The van der Waals surface area contributed by atoms with Crippen LogP contribution >= 0.6 is 0 Å². The van der Waals surface area contributed by atoms with E-state index in [9.17, 15) is 4.79 Å². The average molecular weight is 266 g/mol. The second-order valence-corrected chi connectivity index (χ2v) is 4.22.